The Labute approximate surface area is 164 Å². The lowest BCUT2D eigenvalue weighted by Gasteiger charge is -2.38. The number of likely N-dealkylation sites (tertiary alicyclic amines) is 1. The van der Waals surface area contributed by atoms with Crippen LogP contribution in [0.1, 0.15) is 44.2 Å². The molecule has 0 spiro atoms. The average molecular weight is 396 g/mol. The number of aryl methyl sites for hydroxylation is 2. The maximum Gasteiger partial charge on any atom is 0.240 e. The van der Waals surface area contributed by atoms with E-state index in [2.05, 4.69) is 23.5 Å². The predicted molar refractivity (Wildman–Crippen MR) is 108 cm³/mol. The van der Waals surface area contributed by atoms with Gasteiger partial charge in [-0.1, -0.05) is 12.1 Å². The molecular formula is C20H33N3O3S. The molecule has 6 nitrogen and oxygen atoms in total. The van der Waals surface area contributed by atoms with Crippen LogP contribution in [-0.2, 0) is 14.8 Å². The van der Waals surface area contributed by atoms with Crippen molar-refractivity contribution >= 4 is 15.9 Å². The number of carbonyl (C=O) groups excluding carboxylic acids is 1. The van der Waals surface area contributed by atoms with E-state index in [0.29, 0.717) is 11.6 Å². The van der Waals surface area contributed by atoms with E-state index in [1.165, 1.54) is 0 Å². The monoisotopic (exact) mass is 395 g/mol. The summed E-state index contributed by atoms with van der Waals surface area (Å²) in [6.45, 7) is 10.1. The number of rotatable bonds is 7. The lowest BCUT2D eigenvalue weighted by Crippen LogP contribution is -2.47. The summed E-state index contributed by atoms with van der Waals surface area (Å²) >= 11 is 0. The largest absolute Gasteiger partial charge is 0.343 e. The number of amides is 1. The van der Waals surface area contributed by atoms with Gasteiger partial charge in [0, 0.05) is 45.2 Å². The fourth-order valence-corrected chi connectivity index (χ4v) is 4.90. The third kappa shape index (κ3) is 5.77. The van der Waals surface area contributed by atoms with Crippen LogP contribution in [0.3, 0.4) is 0 Å². The van der Waals surface area contributed by atoms with Crippen LogP contribution in [0.25, 0.3) is 0 Å². The molecule has 2 rings (SSSR count). The molecule has 152 valence electrons. The van der Waals surface area contributed by atoms with Crippen molar-refractivity contribution in [1.82, 2.24) is 14.5 Å². The molecule has 27 heavy (non-hydrogen) atoms. The van der Waals surface area contributed by atoms with Gasteiger partial charge in [-0.3, -0.25) is 4.79 Å². The first-order chi connectivity index (χ1) is 12.6. The van der Waals surface area contributed by atoms with Crippen molar-refractivity contribution in [1.29, 1.82) is 0 Å². The average Bonchev–Trinajstić information content (AvgIpc) is 2.62. The molecule has 0 bridgehead atoms. The van der Waals surface area contributed by atoms with E-state index in [-0.39, 0.29) is 29.8 Å². The minimum absolute atomic E-state index is 0.0124. The molecule has 1 aliphatic rings. The summed E-state index contributed by atoms with van der Waals surface area (Å²) in [4.78, 5) is 17.0. The van der Waals surface area contributed by atoms with Gasteiger partial charge in [-0.2, -0.15) is 0 Å². The molecule has 0 aliphatic carbocycles. The lowest BCUT2D eigenvalue weighted by atomic mass is 10.0. The summed E-state index contributed by atoms with van der Waals surface area (Å²) < 4.78 is 27.6. The highest BCUT2D eigenvalue weighted by Gasteiger charge is 2.26. The second kappa shape index (κ2) is 9.17. The fraction of sp³-hybridized carbons (Fsp3) is 0.650. The minimum Gasteiger partial charge on any atom is -0.343 e. The molecule has 1 saturated heterocycles. The van der Waals surface area contributed by atoms with Gasteiger partial charge in [0.1, 0.15) is 0 Å². The number of carbonyl (C=O) groups is 1. The molecule has 0 unspecified atom stereocenters. The van der Waals surface area contributed by atoms with Gasteiger partial charge < -0.3 is 9.80 Å². The van der Waals surface area contributed by atoms with Crippen molar-refractivity contribution in [2.45, 2.75) is 63.9 Å². The van der Waals surface area contributed by atoms with E-state index >= 15 is 0 Å². The number of benzene rings is 1. The van der Waals surface area contributed by atoms with Crippen LogP contribution in [0.2, 0.25) is 0 Å². The van der Waals surface area contributed by atoms with Crippen molar-refractivity contribution in [3.63, 3.8) is 0 Å². The second-order valence-corrected chi connectivity index (χ2v) is 9.52. The van der Waals surface area contributed by atoms with E-state index in [0.717, 1.165) is 31.5 Å². The summed E-state index contributed by atoms with van der Waals surface area (Å²) in [7, 11) is -1.77. The summed E-state index contributed by atoms with van der Waals surface area (Å²) in [6, 6.07) is 6.12. The highest BCUT2D eigenvalue weighted by Crippen LogP contribution is 2.19. The van der Waals surface area contributed by atoms with Crippen LogP contribution in [0, 0.1) is 13.8 Å². The van der Waals surface area contributed by atoms with Crippen LogP contribution in [0.15, 0.2) is 23.1 Å². The summed E-state index contributed by atoms with van der Waals surface area (Å²) in [5.74, 6) is -0.0124. The second-order valence-electron chi connectivity index (χ2n) is 7.78. The van der Waals surface area contributed by atoms with Crippen molar-refractivity contribution in [3.8, 4) is 0 Å². The first kappa shape index (κ1) is 21.9. The van der Waals surface area contributed by atoms with Gasteiger partial charge in [-0.15, -0.1) is 0 Å². The van der Waals surface area contributed by atoms with Gasteiger partial charge >= 0.3 is 0 Å². The Balaban J connectivity index is 1.85. The lowest BCUT2D eigenvalue weighted by molar-refractivity contribution is -0.132. The molecule has 1 aromatic rings. The summed E-state index contributed by atoms with van der Waals surface area (Å²) in [6.07, 6.45) is 2.11. The number of hydrogen-bond donors (Lipinski definition) is 1. The van der Waals surface area contributed by atoms with E-state index in [9.17, 15) is 13.2 Å². The van der Waals surface area contributed by atoms with Crippen molar-refractivity contribution in [2.75, 3.05) is 26.7 Å². The van der Waals surface area contributed by atoms with Crippen LogP contribution in [0.5, 0.6) is 0 Å². The quantitative estimate of drug-likeness (QED) is 0.769. The molecule has 0 aromatic heterocycles. The van der Waals surface area contributed by atoms with Crippen molar-refractivity contribution in [3.05, 3.63) is 29.3 Å². The Hall–Kier alpha value is -1.44. The molecule has 1 N–H and O–H groups in total. The Bertz CT molecular complexity index is 754. The Kier molecular flexibility index (Phi) is 7.42. The van der Waals surface area contributed by atoms with Gasteiger partial charge in [-0.25, -0.2) is 13.1 Å². The Morgan fingerprint density at radius 3 is 2.48 bits per heavy atom. The number of hydrogen-bond acceptors (Lipinski definition) is 4. The maximum absolute atomic E-state index is 12.5. The van der Waals surface area contributed by atoms with Crippen molar-refractivity contribution in [2.24, 2.45) is 0 Å². The maximum atomic E-state index is 12.5. The molecule has 0 radical (unpaired) electrons. The Morgan fingerprint density at radius 1 is 1.26 bits per heavy atom. The molecule has 0 saturated carbocycles. The molecular weight excluding hydrogens is 362 g/mol. The zero-order valence-corrected chi connectivity index (χ0v) is 18.0. The molecule has 1 heterocycles. The molecule has 1 fully saturated rings. The number of nitrogens with zero attached hydrogens (tertiary/aromatic N) is 2. The topological polar surface area (TPSA) is 69.7 Å². The Morgan fingerprint density at radius 2 is 1.89 bits per heavy atom. The zero-order valence-electron chi connectivity index (χ0n) is 17.2. The van der Waals surface area contributed by atoms with Gasteiger partial charge in [0.2, 0.25) is 15.9 Å². The van der Waals surface area contributed by atoms with Gasteiger partial charge in [0.25, 0.3) is 0 Å². The van der Waals surface area contributed by atoms with E-state index in [4.69, 9.17) is 0 Å². The highest BCUT2D eigenvalue weighted by atomic mass is 32.2. The third-order valence-corrected chi connectivity index (χ3v) is 7.04. The zero-order chi connectivity index (χ0) is 20.2. The SMILES string of the molecule is Cc1ccc(C)c(S(=O)(=O)NCCC(=O)N(C)C2CCN(C(C)C)CC2)c1. The van der Waals surface area contributed by atoms with Crippen LogP contribution in [-0.4, -0.2) is 62.9 Å². The van der Waals surface area contributed by atoms with Gasteiger partial charge in [0.15, 0.2) is 0 Å². The normalized spacial score (nSPS) is 16.7. The minimum atomic E-state index is -3.60. The van der Waals surface area contributed by atoms with Crippen LogP contribution in [0.4, 0.5) is 0 Å². The number of nitrogens with one attached hydrogen (secondary N) is 1. The van der Waals surface area contributed by atoms with E-state index in [1.54, 1.807) is 24.0 Å². The highest BCUT2D eigenvalue weighted by molar-refractivity contribution is 7.89. The van der Waals surface area contributed by atoms with Gasteiger partial charge in [0.05, 0.1) is 4.90 Å². The summed E-state index contributed by atoms with van der Waals surface area (Å²) in [5.41, 5.74) is 1.60. The first-order valence-electron chi connectivity index (χ1n) is 9.68. The molecule has 0 atom stereocenters. The predicted octanol–water partition coefficient (Wildman–Crippen LogP) is 2.30. The van der Waals surface area contributed by atoms with E-state index < -0.39 is 10.0 Å². The number of piperidine rings is 1. The summed E-state index contributed by atoms with van der Waals surface area (Å²) in [5, 5.41) is 0. The molecule has 1 amide bonds. The van der Waals surface area contributed by atoms with E-state index in [1.807, 2.05) is 20.0 Å². The fourth-order valence-electron chi connectivity index (χ4n) is 3.54. The van der Waals surface area contributed by atoms with Crippen LogP contribution >= 0.6 is 0 Å². The standard InChI is InChI=1S/C20H33N3O3S/c1-15(2)23-12-9-18(10-13-23)22(5)20(24)8-11-21-27(25,26)19-14-16(3)6-7-17(19)4/h6-7,14-15,18,21H,8-13H2,1-5H3. The number of sulfonamides is 1. The smallest absolute Gasteiger partial charge is 0.240 e. The van der Waals surface area contributed by atoms with Gasteiger partial charge in [-0.05, 0) is 57.7 Å². The first-order valence-corrected chi connectivity index (χ1v) is 11.2. The third-order valence-electron chi connectivity index (χ3n) is 5.43. The molecule has 7 heteroatoms. The van der Waals surface area contributed by atoms with Crippen LogP contribution < -0.4 is 4.72 Å². The molecule has 1 aliphatic heterocycles. The molecule has 1 aromatic carbocycles. The van der Waals surface area contributed by atoms with Crippen molar-refractivity contribution < 1.29 is 13.2 Å².